The molecule has 0 unspecified atom stereocenters. The van der Waals surface area contributed by atoms with Crippen LogP contribution in [0.3, 0.4) is 0 Å². The van der Waals surface area contributed by atoms with E-state index in [9.17, 15) is 9.18 Å². The first-order chi connectivity index (χ1) is 16.1. The van der Waals surface area contributed by atoms with Crippen LogP contribution in [-0.2, 0) is 6.54 Å². The number of fused-ring (bicyclic) bond motifs is 1. The normalized spacial score (nSPS) is 14.0. The summed E-state index contributed by atoms with van der Waals surface area (Å²) >= 11 is 0. The molecule has 1 aromatic heterocycles. The minimum absolute atomic E-state index is 0.0157. The highest BCUT2D eigenvalue weighted by molar-refractivity contribution is 5.97. The van der Waals surface area contributed by atoms with Crippen LogP contribution in [0.5, 0.6) is 5.75 Å². The zero-order valence-electron chi connectivity index (χ0n) is 18.3. The summed E-state index contributed by atoms with van der Waals surface area (Å²) in [5.41, 5.74) is 4.19. The quantitative estimate of drug-likeness (QED) is 0.470. The Balaban J connectivity index is 1.27. The molecule has 8 heteroatoms. The first-order valence-electron chi connectivity index (χ1n) is 10.9. The van der Waals surface area contributed by atoms with Crippen LogP contribution in [-0.4, -0.2) is 59.1 Å². The molecule has 33 heavy (non-hydrogen) atoms. The van der Waals surface area contributed by atoms with Gasteiger partial charge in [-0.3, -0.25) is 4.79 Å². The number of hydrogen-bond donors (Lipinski definition) is 0. The lowest BCUT2D eigenvalue weighted by Gasteiger charge is -2.36. The average Bonchev–Trinajstić information content (AvgIpc) is 3.26. The van der Waals surface area contributed by atoms with Gasteiger partial charge in [0.2, 0.25) is 0 Å². The lowest BCUT2D eigenvalue weighted by Crippen LogP contribution is -2.48. The van der Waals surface area contributed by atoms with E-state index >= 15 is 0 Å². The number of piperazine rings is 1. The van der Waals surface area contributed by atoms with E-state index in [1.807, 2.05) is 46.0 Å². The molecule has 0 bridgehead atoms. The zero-order valence-corrected chi connectivity index (χ0v) is 18.3. The van der Waals surface area contributed by atoms with Gasteiger partial charge in [-0.2, -0.15) is 0 Å². The molecule has 1 saturated heterocycles. The number of rotatable bonds is 5. The Labute approximate surface area is 191 Å². The predicted molar refractivity (Wildman–Crippen MR) is 124 cm³/mol. The van der Waals surface area contributed by atoms with E-state index in [0.29, 0.717) is 43.8 Å². The van der Waals surface area contributed by atoms with Crippen LogP contribution in [0, 0.1) is 5.82 Å². The summed E-state index contributed by atoms with van der Waals surface area (Å²) in [4.78, 5) is 17.1. The molecule has 5 rings (SSSR count). The van der Waals surface area contributed by atoms with E-state index in [2.05, 4.69) is 15.2 Å². The third-order valence-corrected chi connectivity index (χ3v) is 5.99. The fraction of sp³-hybridized carbons (Fsp3) is 0.240. The number of carbonyl (C=O) groups is 1. The molecular weight excluding hydrogens is 421 g/mol. The summed E-state index contributed by atoms with van der Waals surface area (Å²) in [5, 5.41) is 8.55. The highest BCUT2D eigenvalue weighted by atomic mass is 19.1. The van der Waals surface area contributed by atoms with Gasteiger partial charge < -0.3 is 14.5 Å². The minimum Gasteiger partial charge on any atom is -0.497 e. The summed E-state index contributed by atoms with van der Waals surface area (Å²) in [7, 11) is 1.64. The number of methoxy groups -OCH3 is 1. The second-order valence-corrected chi connectivity index (χ2v) is 8.06. The lowest BCUT2D eigenvalue weighted by molar-refractivity contribution is 0.0747. The summed E-state index contributed by atoms with van der Waals surface area (Å²) in [6, 6.07) is 19.8. The fourth-order valence-electron chi connectivity index (χ4n) is 4.17. The van der Waals surface area contributed by atoms with Gasteiger partial charge in [-0.05, 0) is 60.2 Å². The second-order valence-electron chi connectivity index (χ2n) is 8.06. The van der Waals surface area contributed by atoms with Gasteiger partial charge in [-0.15, -0.1) is 5.10 Å². The Bertz CT molecular complexity index is 1280. The molecule has 1 aliphatic heterocycles. The monoisotopic (exact) mass is 445 g/mol. The molecule has 1 aliphatic rings. The number of ether oxygens (including phenoxy) is 1. The van der Waals surface area contributed by atoms with Crippen molar-refractivity contribution < 1.29 is 13.9 Å². The van der Waals surface area contributed by atoms with Crippen LogP contribution < -0.4 is 9.64 Å². The maximum absolute atomic E-state index is 13.2. The van der Waals surface area contributed by atoms with E-state index in [4.69, 9.17) is 4.74 Å². The summed E-state index contributed by atoms with van der Waals surface area (Å²) < 4.78 is 20.3. The molecule has 3 aromatic carbocycles. The predicted octanol–water partition coefficient (Wildman–Crippen LogP) is 3.59. The van der Waals surface area contributed by atoms with Crippen molar-refractivity contribution in [3.05, 3.63) is 83.7 Å². The molecule has 2 heterocycles. The summed E-state index contributed by atoms with van der Waals surface area (Å²) in [6.07, 6.45) is 0. The number of hydrogen-bond acceptors (Lipinski definition) is 5. The van der Waals surface area contributed by atoms with Crippen molar-refractivity contribution in [2.24, 2.45) is 0 Å². The Kier molecular flexibility index (Phi) is 5.64. The number of halogens is 1. The Morgan fingerprint density at radius 1 is 1.00 bits per heavy atom. The molecule has 168 valence electrons. The van der Waals surface area contributed by atoms with Crippen LogP contribution in [0.2, 0.25) is 0 Å². The van der Waals surface area contributed by atoms with Gasteiger partial charge >= 0.3 is 0 Å². The number of carbonyl (C=O) groups excluding carboxylic acids is 1. The van der Waals surface area contributed by atoms with Crippen molar-refractivity contribution in [3.63, 3.8) is 0 Å². The number of aromatic nitrogens is 3. The van der Waals surface area contributed by atoms with Gasteiger partial charge in [0.15, 0.2) is 0 Å². The SMILES string of the molecule is COc1cccc(Cn2nnc3cc(C(=O)N4CCN(c5ccc(F)cc5)CC4)ccc32)c1. The molecule has 4 aromatic rings. The number of benzene rings is 3. The van der Waals surface area contributed by atoms with Gasteiger partial charge in [-0.1, -0.05) is 17.3 Å². The molecular formula is C25H24FN5O2. The standard InChI is InChI=1S/C25H24FN5O2/c1-33-22-4-2-3-18(15-22)17-31-24-10-5-19(16-23(24)27-28-31)25(32)30-13-11-29(12-14-30)21-8-6-20(26)7-9-21/h2-10,15-16H,11-14,17H2,1H3. The van der Waals surface area contributed by atoms with Gasteiger partial charge in [0.25, 0.3) is 5.91 Å². The number of amides is 1. The highest BCUT2D eigenvalue weighted by Crippen LogP contribution is 2.21. The molecule has 0 aliphatic carbocycles. The molecule has 1 fully saturated rings. The van der Waals surface area contributed by atoms with E-state index in [-0.39, 0.29) is 11.7 Å². The minimum atomic E-state index is -0.247. The molecule has 0 atom stereocenters. The van der Waals surface area contributed by atoms with E-state index in [1.54, 1.807) is 25.3 Å². The van der Waals surface area contributed by atoms with Crippen molar-refractivity contribution >= 4 is 22.6 Å². The number of anilines is 1. The van der Waals surface area contributed by atoms with Crippen LogP contribution in [0.25, 0.3) is 11.0 Å². The zero-order chi connectivity index (χ0) is 22.8. The van der Waals surface area contributed by atoms with Crippen LogP contribution in [0.15, 0.2) is 66.7 Å². The van der Waals surface area contributed by atoms with Gasteiger partial charge in [-0.25, -0.2) is 9.07 Å². The average molecular weight is 445 g/mol. The fourth-order valence-corrected chi connectivity index (χ4v) is 4.17. The first-order valence-corrected chi connectivity index (χ1v) is 10.9. The Morgan fingerprint density at radius 3 is 2.55 bits per heavy atom. The first kappa shape index (κ1) is 20.9. The smallest absolute Gasteiger partial charge is 0.254 e. The van der Waals surface area contributed by atoms with Crippen molar-refractivity contribution in [3.8, 4) is 5.75 Å². The van der Waals surface area contributed by atoms with Crippen LogP contribution in [0.4, 0.5) is 10.1 Å². The van der Waals surface area contributed by atoms with Gasteiger partial charge in [0, 0.05) is 37.4 Å². The summed E-state index contributed by atoms with van der Waals surface area (Å²) in [6.45, 7) is 3.19. The van der Waals surface area contributed by atoms with Crippen molar-refractivity contribution in [1.82, 2.24) is 19.9 Å². The Hall–Kier alpha value is -3.94. The molecule has 0 spiro atoms. The lowest BCUT2D eigenvalue weighted by atomic mass is 10.1. The maximum Gasteiger partial charge on any atom is 0.254 e. The topological polar surface area (TPSA) is 63.5 Å². The number of nitrogens with zero attached hydrogens (tertiary/aromatic N) is 5. The third-order valence-electron chi connectivity index (χ3n) is 5.99. The van der Waals surface area contributed by atoms with Crippen molar-refractivity contribution in [1.29, 1.82) is 0 Å². The van der Waals surface area contributed by atoms with E-state index < -0.39 is 0 Å². The largest absolute Gasteiger partial charge is 0.497 e. The molecule has 1 amide bonds. The van der Waals surface area contributed by atoms with Crippen LogP contribution >= 0.6 is 0 Å². The Morgan fingerprint density at radius 2 is 1.79 bits per heavy atom. The van der Waals surface area contributed by atoms with E-state index in [0.717, 1.165) is 22.5 Å². The highest BCUT2D eigenvalue weighted by Gasteiger charge is 2.23. The third kappa shape index (κ3) is 4.37. The van der Waals surface area contributed by atoms with Crippen molar-refractivity contribution in [2.75, 3.05) is 38.2 Å². The van der Waals surface area contributed by atoms with Crippen molar-refractivity contribution in [2.45, 2.75) is 6.54 Å². The molecule has 7 nitrogen and oxygen atoms in total. The van der Waals surface area contributed by atoms with Gasteiger partial charge in [0.1, 0.15) is 17.1 Å². The van der Waals surface area contributed by atoms with Gasteiger partial charge in [0.05, 0.1) is 19.2 Å². The second kappa shape index (κ2) is 8.90. The molecule has 0 radical (unpaired) electrons. The molecule has 0 N–H and O–H groups in total. The van der Waals surface area contributed by atoms with Crippen LogP contribution in [0.1, 0.15) is 15.9 Å². The molecule has 0 saturated carbocycles. The summed E-state index contributed by atoms with van der Waals surface area (Å²) in [5.74, 6) is 0.533. The van der Waals surface area contributed by atoms with E-state index in [1.165, 1.54) is 12.1 Å². The maximum atomic E-state index is 13.2.